The zero-order valence-electron chi connectivity index (χ0n) is 18.4. The highest BCUT2D eigenvalue weighted by Crippen LogP contribution is 2.22. The molecule has 1 heterocycles. The zero-order chi connectivity index (χ0) is 22.7. The van der Waals surface area contributed by atoms with Crippen LogP contribution in [0, 0.1) is 6.92 Å². The largest absolute Gasteiger partial charge is 0.342 e. The lowest BCUT2D eigenvalue weighted by atomic mass is 10.1. The maximum absolute atomic E-state index is 13.1. The van der Waals surface area contributed by atoms with Crippen LogP contribution in [0.25, 0.3) is 11.0 Å². The second kappa shape index (κ2) is 9.06. The van der Waals surface area contributed by atoms with E-state index >= 15 is 0 Å². The Bertz CT molecular complexity index is 1260. The first-order chi connectivity index (χ1) is 15.5. The second-order valence-corrected chi connectivity index (χ2v) is 7.84. The molecule has 0 aliphatic carbocycles. The topological polar surface area (TPSA) is 67.2 Å². The third-order valence-corrected chi connectivity index (χ3v) is 5.62. The van der Waals surface area contributed by atoms with E-state index in [1.807, 2.05) is 91.2 Å². The fourth-order valence-corrected chi connectivity index (χ4v) is 3.79. The standard InChI is InChI=1S/C26H26N4O2/c1-18-11-7-8-14-21(18)26(32)27-19(2)25-28-22-15-9-10-16-23(22)30(25)17-24(31)29(3)20-12-5-4-6-13-20/h4-16,19H,17H2,1-3H3,(H,27,32). The second-order valence-electron chi connectivity index (χ2n) is 7.84. The summed E-state index contributed by atoms with van der Waals surface area (Å²) in [6.07, 6.45) is 0. The molecule has 0 saturated carbocycles. The van der Waals surface area contributed by atoms with Crippen LogP contribution in [0.3, 0.4) is 0 Å². The van der Waals surface area contributed by atoms with Crippen LogP contribution >= 0.6 is 0 Å². The monoisotopic (exact) mass is 426 g/mol. The van der Waals surface area contributed by atoms with Crippen LogP contribution in [-0.4, -0.2) is 28.4 Å². The number of anilines is 1. The van der Waals surface area contributed by atoms with E-state index in [2.05, 4.69) is 5.32 Å². The summed E-state index contributed by atoms with van der Waals surface area (Å²) in [5.74, 6) is 0.405. The highest BCUT2D eigenvalue weighted by molar-refractivity contribution is 5.96. The molecule has 0 radical (unpaired) electrons. The molecule has 1 aromatic heterocycles. The number of aromatic nitrogens is 2. The average molecular weight is 427 g/mol. The summed E-state index contributed by atoms with van der Waals surface area (Å²) in [6.45, 7) is 3.91. The number of nitrogens with zero attached hydrogens (tertiary/aromatic N) is 3. The first-order valence-electron chi connectivity index (χ1n) is 10.6. The molecular formula is C26H26N4O2. The molecule has 2 amide bonds. The van der Waals surface area contributed by atoms with Gasteiger partial charge in [0, 0.05) is 18.3 Å². The summed E-state index contributed by atoms with van der Waals surface area (Å²) in [5, 5.41) is 3.04. The summed E-state index contributed by atoms with van der Waals surface area (Å²) in [6, 6.07) is 24.3. The molecule has 6 heteroatoms. The Labute approximate surface area is 187 Å². The van der Waals surface area contributed by atoms with Crippen LogP contribution in [0.1, 0.15) is 34.7 Å². The minimum Gasteiger partial charge on any atom is -0.342 e. The van der Waals surface area contributed by atoms with Crippen molar-refractivity contribution in [1.29, 1.82) is 0 Å². The number of nitrogens with one attached hydrogen (secondary N) is 1. The van der Waals surface area contributed by atoms with Gasteiger partial charge in [0.25, 0.3) is 5.91 Å². The van der Waals surface area contributed by atoms with Gasteiger partial charge in [-0.2, -0.15) is 0 Å². The van der Waals surface area contributed by atoms with Crippen molar-refractivity contribution >= 4 is 28.5 Å². The van der Waals surface area contributed by atoms with Crippen molar-refractivity contribution in [3.8, 4) is 0 Å². The number of amides is 2. The smallest absolute Gasteiger partial charge is 0.252 e. The number of carbonyl (C=O) groups is 2. The highest BCUT2D eigenvalue weighted by atomic mass is 16.2. The highest BCUT2D eigenvalue weighted by Gasteiger charge is 2.22. The minimum absolute atomic E-state index is 0.0713. The zero-order valence-corrected chi connectivity index (χ0v) is 18.4. The molecule has 1 unspecified atom stereocenters. The van der Waals surface area contributed by atoms with E-state index in [1.54, 1.807) is 18.0 Å². The van der Waals surface area contributed by atoms with Crippen molar-refractivity contribution < 1.29 is 9.59 Å². The molecule has 3 aromatic carbocycles. The van der Waals surface area contributed by atoms with E-state index in [0.29, 0.717) is 11.4 Å². The van der Waals surface area contributed by atoms with Crippen molar-refractivity contribution in [2.45, 2.75) is 26.4 Å². The molecule has 0 bridgehead atoms. The number of imidazole rings is 1. The number of rotatable bonds is 6. The van der Waals surface area contributed by atoms with E-state index in [4.69, 9.17) is 4.98 Å². The quantitative estimate of drug-likeness (QED) is 0.494. The molecule has 162 valence electrons. The third kappa shape index (κ3) is 4.25. The molecule has 4 rings (SSSR count). The van der Waals surface area contributed by atoms with Gasteiger partial charge in [-0.15, -0.1) is 0 Å². The van der Waals surface area contributed by atoms with Gasteiger partial charge in [0.15, 0.2) is 0 Å². The summed E-state index contributed by atoms with van der Waals surface area (Å²) in [4.78, 5) is 32.4. The van der Waals surface area contributed by atoms with E-state index in [1.165, 1.54) is 0 Å². The summed E-state index contributed by atoms with van der Waals surface area (Å²) >= 11 is 0. The summed E-state index contributed by atoms with van der Waals surface area (Å²) in [5.41, 5.74) is 4.00. The molecule has 32 heavy (non-hydrogen) atoms. The van der Waals surface area contributed by atoms with Gasteiger partial charge in [0.1, 0.15) is 12.4 Å². The van der Waals surface area contributed by atoms with Crippen LogP contribution in [0.2, 0.25) is 0 Å². The maximum atomic E-state index is 13.1. The average Bonchev–Trinajstić information content (AvgIpc) is 3.18. The Morgan fingerprint density at radius 1 is 0.969 bits per heavy atom. The Morgan fingerprint density at radius 2 is 1.62 bits per heavy atom. The lowest BCUT2D eigenvalue weighted by Gasteiger charge is -2.20. The number of fused-ring (bicyclic) bond motifs is 1. The van der Waals surface area contributed by atoms with Gasteiger partial charge >= 0.3 is 0 Å². The molecule has 1 atom stereocenters. The number of likely N-dealkylation sites (N-methyl/N-ethyl adjacent to an activating group) is 1. The van der Waals surface area contributed by atoms with E-state index in [-0.39, 0.29) is 24.4 Å². The minimum atomic E-state index is -0.385. The van der Waals surface area contributed by atoms with Crippen LogP contribution in [0.4, 0.5) is 5.69 Å². The number of hydrogen-bond donors (Lipinski definition) is 1. The molecule has 4 aromatic rings. The Balaban J connectivity index is 1.63. The lowest BCUT2D eigenvalue weighted by molar-refractivity contribution is -0.118. The van der Waals surface area contributed by atoms with Gasteiger partial charge in [0.05, 0.1) is 17.1 Å². The predicted molar refractivity (Wildman–Crippen MR) is 127 cm³/mol. The van der Waals surface area contributed by atoms with Crippen LogP contribution in [0.5, 0.6) is 0 Å². The molecule has 0 fully saturated rings. The first-order valence-corrected chi connectivity index (χ1v) is 10.6. The molecule has 6 nitrogen and oxygen atoms in total. The summed E-state index contributed by atoms with van der Waals surface area (Å²) < 4.78 is 1.89. The summed E-state index contributed by atoms with van der Waals surface area (Å²) in [7, 11) is 1.76. The first kappa shape index (κ1) is 21.3. The van der Waals surface area contributed by atoms with Gasteiger partial charge in [-0.25, -0.2) is 4.98 Å². The van der Waals surface area contributed by atoms with Crippen molar-refractivity contribution in [2.75, 3.05) is 11.9 Å². The predicted octanol–water partition coefficient (Wildman–Crippen LogP) is 4.50. The van der Waals surface area contributed by atoms with Gasteiger partial charge in [-0.3, -0.25) is 9.59 Å². The van der Waals surface area contributed by atoms with Crippen molar-refractivity contribution in [3.05, 3.63) is 95.8 Å². The van der Waals surface area contributed by atoms with Gasteiger partial charge in [-0.1, -0.05) is 48.5 Å². The van der Waals surface area contributed by atoms with Gasteiger partial charge in [0.2, 0.25) is 5.91 Å². The van der Waals surface area contributed by atoms with E-state index in [9.17, 15) is 9.59 Å². The lowest BCUT2D eigenvalue weighted by Crippen LogP contribution is -2.33. The van der Waals surface area contributed by atoms with Gasteiger partial charge < -0.3 is 14.8 Å². The third-order valence-electron chi connectivity index (χ3n) is 5.62. The number of carbonyl (C=O) groups excluding carboxylic acids is 2. The van der Waals surface area contributed by atoms with Crippen molar-refractivity contribution in [2.24, 2.45) is 0 Å². The normalized spacial score (nSPS) is 11.8. The van der Waals surface area contributed by atoms with Crippen LogP contribution in [-0.2, 0) is 11.3 Å². The van der Waals surface area contributed by atoms with Gasteiger partial charge in [-0.05, 0) is 49.7 Å². The number of benzene rings is 3. The van der Waals surface area contributed by atoms with E-state index in [0.717, 1.165) is 22.3 Å². The molecule has 0 spiro atoms. The van der Waals surface area contributed by atoms with Crippen molar-refractivity contribution in [3.63, 3.8) is 0 Å². The van der Waals surface area contributed by atoms with E-state index < -0.39 is 0 Å². The fourth-order valence-electron chi connectivity index (χ4n) is 3.79. The fraction of sp³-hybridized carbons (Fsp3) is 0.192. The molecule has 1 N–H and O–H groups in total. The number of aryl methyl sites for hydroxylation is 1. The number of para-hydroxylation sites is 3. The Kier molecular flexibility index (Phi) is 6.03. The Hall–Kier alpha value is -3.93. The number of hydrogen-bond acceptors (Lipinski definition) is 3. The molecule has 0 aliphatic rings. The Morgan fingerprint density at radius 3 is 2.38 bits per heavy atom. The van der Waals surface area contributed by atoms with Crippen LogP contribution in [0.15, 0.2) is 78.9 Å². The SMILES string of the molecule is Cc1ccccc1C(=O)NC(C)c1nc2ccccc2n1CC(=O)N(C)c1ccccc1. The molecule has 0 aliphatic heterocycles. The van der Waals surface area contributed by atoms with Crippen LogP contribution < -0.4 is 10.2 Å². The molecule has 0 saturated heterocycles. The molecular weight excluding hydrogens is 400 g/mol. The van der Waals surface area contributed by atoms with Crippen molar-refractivity contribution in [1.82, 2.24) is 14.9 Å². The maximum Gasteiger partial charge on any atom is 0.252 e.